The fourth-order valence-corrected chi connectivity index (χ4v) is 2.49. The van der Waals surface area contributed by atoms with E-state index in [9.17, 15) is 0 Å². The van der Waals surface area contributed by atoms with Crippen molar-refractivity contribution in [2.45, 2.75) is 13.8 Å². The molecule has 5 nitrogen and oxygen atoms in total. The molecule has 0 amide bonds. The van der Waals surface area contributed by atoms with Crippen LogP contribution in [0.4, 0.5) is 0 Å². The Morgan fingerprint density at radius 1 is 1.10 bits per heavy atom. The predicted octanol–water partition coefficient (Wildman–Crippen LogP) is 3.72. The maximum absolute atomic E-state index is 6.17. The van der Waals surface area contributed by atoms with E-state index in [1.54, 1.807) is 23.8 Å². The Balaban J connectivity index is 2.32. The molecule has 0 fully saturated rings. The van der Waals surface area contributed by atoms with Gasteiger partial charge in [0.05, 0.1) is 12.7 Å². The van der Waals surface area contributed by atoms with Gasteiger partial charge in [-0.05, 0) is 37.6 Å². The van der Waals surface area contributed by atoms with Gasteiger partial charge in [0.25, 0.3) is 0 Å². The maximum atomic E-state index is 6.17. The topological polar surface area (TPSA) is 52.3 Å². The van der Waals surface area contributed by atoms with E-state index in [2.05, 4.69) is 15.3 Å². The third-order valence-corrected chi connectivity index (χ3v) is 4.03. The lowest BCUT2D eigenvalue weighted by atomic mass is 10.2. The Bertz CT molecular complexity index is 845. The second kappa shape index (κ2) is 5.16. The highest BCUT2D eigenvalue weighted by molar-refractivity contribution is 6.31. The van der Waals surface area contributed by atoms with Gasteiger partial charge in [0.15, 0.2) is 16.6 Å². The summed E-state index contributed by atoms with van der Waals surface area (Å²) in [5, 5.41) is 13.8. The van der Waals surface area contributed by atoms with Gasteiger partial charge >= 0.3 is 0 Å². The van der Waals surface area contributed by atoms with Crippen molar-refractivity contribution in [3.63, 3.8) is 0 Å². The van der Waals surface area contributed by atoms with Crippen LogP contribution in [0, 0.1) is 13.8 Å². The summed E-state index contributed by atoms with van der Waals surface area (Å²) in [6.45, 7) is 3.84. The van der Waals surface area contributed by atoms with Gasteiger partial charge in [-0.2, -0.15) is 9.61 Å². The van der Waals surface area contributed by atoms with Crippen LogP contribution >= 0.6 is 23.2 Å². The van der Waals surface area contributed by atoms with Crippen LogP contribution in [-0.2, 0) is 0 Å². The molecule has 1 aromatic carbocycles. The van der Waals surface area contributed by atoms with Crippen molar-refractivity contribution in [1.29, 1.82) is 0 Å². The first-order valence-corrected chi connectivity index (χ1v) is 7.00. The smallest absolute Gasteiger partial charge is 0.189 e. The summed E-state index contributed by atoms with van der Waals surface area (Å²) in [4.78, 5) is 0. The Labute approximate surface area is 131 Å². The van der Waals surface area contributed by atoms with Gasteiger partial charge in [0, 0.05) is 10.6 Å². The lowest BCUT2D eigenvalue weighted by molar-refractivity contribution is 0.416. The maximum Gasteiger partial charge on any atom is 0.189 e. The fraction of sp³-hybridized carbons (Fsp3) is 0.214. The Morgan fingerprint density at radius 3 is 2.57 bits per heavy atom. The first-order chi connectivity index (χ1) is 10.0. The summed E-state index contributed by atoms with van der Waals surface area (Å²) < 4.78 is 6.98. The zero-order valence-electron chi connectivity index (χ0n) is 11.7. The van der Waals surface area contributed by atoms with Gasteiger partial charge in [-0.15, -0.1) is 10.2 Å². The van der Waals surface area contributed by atoms with Gasteiger partial charge in [-0.1, -0.05) is 23.2 Å². The predicted molar refractivity (Wildman–Crippen MR) is 82.3 cm³/mol. The van der Waals surface area contributed by atoms with Crippen LogP contribution in [0.2, 0.25) is 10.2 Å². The summed E-state index contributed by atoms with van der Waals surface area (Å²) in [6, 6.07) is 5.31. The Morgan fingerprint density at radius 2 is 1.86 bits per heavy atom. The highest BCUT2D eigenvalue weighted by atomic mass is 35.5. The molecule has 0 unspecified atom stereocenters. The quantitative estimate of drug-likeness (QED) is 0.721. The Kier molecular flexibility index (Phi) is 3.47. The lowest BCUT2D eigenvalue weighted by Gasteiger charge is -2.08. The van der Waals surface area contributed by atoms with Crippen LogP contribution in [0.1, 0.15) is 11.1 Å². The number of benzene rings is 1. The highest BCUT2D eigenvalue weighted by Crippen LogP contribution is 2.32. The summed E-state index contributed by atoms with van der Waals surface area (Å²) in [7, 11) is 1.58. The van der Waals surface area contributed by atoms with E-state index < -0.39 is 0 Å². The molecule has 0 aliphatic heterocycles. The zero-order valence-corrected chi connectivity index (χ0v) is 13.2. The second-order valence-corrected chi connectivity index (χ2v) is 5.44. The van der Waals surface area contributed by atoms with E-state index in [0.29, 0.717) is 27.4 Å². The molecule has 0 spiro atoms. The van der Waals surface area contributed by atoms with Crippen molar-refractivity contribution in [3.05, 3.63) is 39.5 Å². The van der Waals surface area contributed by atoms with Gasteiger partial charge < -0.3 is 4.74 Å². The number of nitrogens with zero attached hydrogens (tertiary/aromatic N) is 4. The number of hydrogen-bond donors (Lipinski definition) is 0. The fourth-order valence-electron chi connectivity index (χ4n) is 2.11. The van der Waals surface area contributed by atoms with Crippen molar-refractivity contribution < 1.29 is 4.74 Å². The van der Waals surface area contributed by atoms with Gasteiger partial charge in [0.1, 0.15) is 5.75 Å². The molecule has 2 heterocycles. The van der Waals surface area contributed by atoms with Crippen molar-refractivity contribution >= 4 is 28.8 Å². The molecule has 108 valence electrons. The molecular weight excluding hydrogens is 311 g/mol. The van der Waals surface area contributed by atoms with Crippen LogP contribution in [0.5, 0.6) is 5.75 Å². The number of hydrogen-bond acceptors (Lipinski definition) is 4. The van der Waals surface area contributed by atoms with Crippen LogP contribution in [-0.4, -0.2) is 26.9 Å². The minimum atomic E-state index is 0.425. The number of methoxy groups -OCH3 is 1. The summed E-state index contributed by atoms with van der Waals surface area (Å²) in [5.41, 5.74) is 3.26. The molecule has 0 radical (unpaired) electrons. The molecule has 21 heavy (non-hydrogen) atoms. The van der Waals surface area contributed by atoms with Crippen LogP contribution in [0.25, 0.3) is 17.0 Å². The highest BCUT2D eigenvalue weighted by Gasteiger charge is 2.17. The van der Waals surface area contributed by atoms with E-state index in [1.807, 2.05) is 19.9 Å². The molecular formula is C14H12Cl2N4O. The summed E-state index contributed by atoms with van der Waals surface area (Å²) in [5.74, 6) is 1.16. The molecule has 3 aromatic rings. The Hall–Kier alpha value is -1.85. The van der Waals surface area contributed by atoms with E-state index in [0.717, 1.165) is 16.7 Å². The lowest BCUT2D eigenvalue weighted by Crippen LogP contribution is -2.01. The molecule has 3 rings (SSSR count). The van der Waals surface area contributed by atoms with Crippen LogP contribution in [0.3, 0.4) is 0 Å². The van der Waals surface area contributed by atoms with Crippen molar-refractivity contribution in [2.24, 2.45) is 0 Å². The van der Waals surface area contributed by atoms with Crippen LogP contribution < -0.4 is 4.74 Å². The van der Waals surface area contributed by atoms with Crippen molar-refractivity contribution in [1.82, 2.24) is 19.8 Å². The number of halogens is 2. The number of ether oxygens (including phenoxy) is 1. The van der Waals surface area contributed by atoms with E-state index in [-0.39, 0.29) is 0 Å². The zero-order chi connectivity index (χ0) is 15.1. The van der Waals surface area contributed by atoms with E-state index in [4.69, 9.17) is 27.9 Å². The molecule has 0 aliphatic rings. The number of fused-ring (bicyclic) bond motifs is 1. The molecule has 0 N–H and O–H groups in total. The average Bonchev–Trinajstić information content (AvgIpc) is 2.88. The number of aromatic nitrogens is 4. The first-order valence-electron chi connectivity index (χ1n) is 6.25. The minimum Gasteiger partial charge on any atom is -0.496 e. The van der Waals surface area contributed by atoms with Gasteiger partial charge in [0.2, 0.25) is 0 Å². The SMILES string of the molecule is COc1cc(Cl)ccc1-c1nnc2c(C)c(C)c(Cl)nn12. The van der Waals surface area contributed by atoms with Crippen LogP contribution in [0.15, 0.2) is 18.2 Å². The monoisotopic (exact) mass is 322 g/mol. The third-order valence-electron chi connectivity index (χ3n) is 3.44. The second-order valence-electron chi connectivity index (χ2n) is 4.64. The molecule has 0 atom stereocenters. The van der Waals surface area contributed by atoms with Crippen molar-refractivity contribution in [3.8, 4) is 17.1 Å². The molecule has 0 aliphatic carbocycles. The average molecular weight is 323 g/mol. The molecule has 0 saturated carbocycles. The van der Waals surface area contributed by atoms with Gasteiger partial charge in [-0.25, -0.2) is 0 Å². The third kappa shape index (κ3) is 2.22. The molecule has 2 aromatic heterocycles. The molecule has 0 bridgehead atoms. The molecule has 0 saturated heterocycles. The van der Waals surface area contributed by atoms with Crippen molar-refractivity contribution in [2.75, 3.05) is 7.11 Å². The first kappa shape index (κ1) is 14.1. The van der Waals surface area contributed by atoms with Gasteiger partial charge in [-0.3, -0.25) is 0 Å². The molecule has 7 heteroatoms. The van der Waals surface area contributed by atoms with E-state index >= 15 is 0 Å². The number of rotatable bonds is 2. The van der Waals surface area contributed by atoms with E-state index in [1.165, 1.54) is 0 Å². The number of aryl methyl sites for hydroxylation is 1. The standard InChI is InChI=1S/C14H12Cl2N4O/c1-7-8(2)13-17-18-14(20(13)19-12(7)16)10-5-4-9(15)6-11(10)21-3/h4-6H,1-3H3. The minimum absolute atomic E-state index is 0.425. The normalized spacial score (nSPS) is 11.1. The summed E-state index contributed by atoms with van der Waals surface area (Å²) >= 11 is 12.2. The largest absolute Gasteiger partial charge is 0.496 e. The summed E-state index contributed by atoms with van der Waals surface area (Å²) in [6.07, 6.45) is 0.